The van der Waals surface area contributed by atoms with Crippen molar-refractivity contribution >= 4 is 21.8 Å². The highest BCUT2D eigenvalue weighted by atomic mass is 79.9. The zero-order valence-corrected chi connectivity index (χ0v) is 16.4. The van der Waals surface area contributed by atoms with E-state index in [1.807, 2.05) is 6.92 Å². The lowest BCUT2D eigenvalue weighted by Gasteiger charge is -2.15. The lowest BCUT2D eigenvalue weighted by molar-refractivity contribution is -0.141. The predicted octanol–water partition coefficient (Wildman–Crippen LogP) is 3.90. The zero-order chi connectivity index (χ0) is 19.6. The summed E-state index contributed by atoms with van der Waals surface area (Å²) in [5, 5.41) is 10.7. The Morgan fingerprint density at radius 1 is 1.44 bits per heavy atom. The lowest BCUT2D eigenvalue weighted by atomic mass is 10.2. The van der Waals surface area contributed by atoms with E-state index < -0.39 is 17.9 Å². The van der Waals surface area contributed by atoms with E-state index >= 15 is 0 Å². The third kappa shape index (κ3) is 4.91. The summed E-state index contributed by atoms with van der Waals surface area (Å²) < 4.78 is 42.5. The monoisotopic (exact) mass is 447 g/mol. The van der Waals surface area contributed by atoms with Crippen LogP contribution in [0.25, 0.3) is 0 Å². The molecule has 0 saturated heterocycles. The van der Waals surface area contributed by atoms with Crippen molar-refractivity contribution in [3.8, 4) is 0 Å². The summed E-state index contributed by atoms with van der Waals surface area (Å²) >= 11 is 3.30. The standard InChI is InChI=1S/C17H21BrF3N5O/c1-2-13(26-10-12(18)9-23-26)16(27)22-6-3-7-25-14(11-4-5-11)8-15(24-25)17(19,20)21/h8-11,13H,2-7H2,1H3,(H,22,27). The van der Waals surface area contributed by atoms with Crippen LogP contribution in [0.5, 0.6) is 0 Å². The Balaban J connectivity index is 1.54. The smallest absolute Gasteiger partial charge is 0.354 e. The molecule has 27 heavy (non-hydrogen) atoms. The molecule has 1 amide bonds. The van der Waals surface area contributed by atoms with Crippen LogP contribution in [0.3, 0.4) is 0 Å². The first-order valence-electron chi connectivity index (χ1n) is 8.92. The second-order valence-electron chi connectivity index (χ2n) is 6.66. The number of alkyl halides is 3. The average Bonchev–Trinajstić information content (AvgIpc) is 3.21. The number of carbonyl (C=O) groups is 1. The molecule has 1 N–H and O–H groups in total. The number of hydrogen-bond acceptors (Lipinski definition) is 3. The second-order valence-corrected chi connectivity index (χ2v) is 7.57. The molecule has 0 spiro atoms. The van der Waals surface area contributed by atoms with Crippen molar-refractivity contribution in [2.75, 3.05) is 6.54 Å². The molecule has 1 fully saturated rings. The Morgan fingerprint density at radius 3 is 2.74 bits per heavy atom. The van der Waals surface area contributed by atoms with Gasteiger partial charge in [-0.1, -0.05) is 6.92 Å². The number of aryl methyl sites for hydroxylation is 1. The van der Waals surface area contributed by atoms with Gasteiger partial charge >= 0.3 is 6.18 Å². The Bertz CT molecular complexity index is 797. The first kappa shape index (κ1) is 19.9. The number of nitrogens with zero attached hydrogens (tertiary/aromatic N) is 4. The molecule has 0 bridgehead atoms. The Morgan fingerprint density at radius 2 is 2.19 bits per heavy atom. The molecule has 1 unspecified atom stereocenters. The Kier molecular flexibility index (Phi) is 5.92. The van der Waals surface area contributed by atoms with Gasteiger partial charge in [0.15, 0.2) is 5.69 Å². The minimum Gasteiger partial charge on any atom is -0.354 e. The van der Waals surface area contributed by atoms with Gasteiger partial charge in [0.05, 0.1) is 10.7 Å². The van der Waals surface area contributed by atoms with E-state index in [-0.39, 0.29) is 11.8 Å². The molecule has 1 aliphatic carbocycles. The van der Waals surface area contributed by atoms with Gasteiger partial charge < -0.3 is 5.32 Å². The molecular formula is C17H21BrF3N5O. The number of rotatable bonds is 8. The van der Waals surface area contributed by atoms with Crippen LogP contribution < -0.4 is 5.32 Å². The quantitative estimate of drug-likeness (QED) is 0.624. The molecule has 1 aliphatic rings. The van der Waals surface area contributed by atoms with Gasteiger partial charge in [0.25, 0.3) is 0 Å². The van der Waals surface area contributed by atoms with Crippen LogP contribution in [0.15, 0.2) is 22.9 Å². The first-order chi connectivity index (χ1) is 12.8. The molecular weight excluding hydrogens is 427 g/mol. The van der Waals surface area contributed by atoms with E-state index in [1.54, 1.807) is 17.1 Å². The SMILES string of the molecule is CCC(C(=O)NCCCn1nc(C(F)(F)F)cc1C1CC1)n1cc(Br)cn1. The maximum absolute atomic E-state index is 12.9. The summed E-state index contributed by atoms with van der Waals surface area (Å²) in [6, 6.07) is 0.735. The van der Waals surface area contributed by atoms with Gasteiger partial charge in [-0.15, -0.1) is 0 Å². The van der Waals surface area contributed by atoms with E-state index in [9.17, 15) is 18.0 Å². The van der Waals surface area contributed by atoms with E-state index in [4.69, 9.17) is 0 Å². The molecule has 1 atom stereocenters. The average molecular weight is 448 g/mol. The minimum atomic E-state index is -4.44. The van der Waals surface area contributed by atoms with Gasteiger partial charge in [-0.05, 0) is 47.7 Å². The van der Waals surface area contributed by atoms with Crippen molar-refractivity contribution in [1.29, 1.82) is 0 Å². The van der Waals surface area contributed by atoms with Crippen molar-refractivity contribution < 1.29 is 18.0 Å². The maximum atomic E-state index is 12.9. The zero-order valence-electron chi connectivity index (χ0n) is 14.8. The van der Waals surface area contributed by atoms with Crippen LogP contribution in [-0.2, 0) is 17.5 Å². The number of aromatic nitrogens is 4. The Hall–Kier alpha value is -1.84. The second kappa shape index (κ2) is 8.04. The van der Waals surface area contributed by atoms with Crippen molar-refractivity contribution in [1.82, 2.24) is 24.9 Å². The molecule has 2 aromatic rings. The van der Waals surface area contributed by atoms with Crippen LogP contribution in [0.4, 0.5) is 13.2 Å². The highest BCUT2D eigenvalue weighted by Crippen LogP contribution is 2.42. The van der Waals surface area contributed by atoms with Gasteiger partial charge in [0.1, 0.15) is 6.04 Å². The third-order valence-electron chi connectivity index (χ3n) is 4.52. The summed E-state index contributed by atoms with van der Waals surface area (Å²) in [6.07, 6.45) is 1.80. The van der Waals surface area contributed by atoms with Gasteiger partial charge in [-0.3, -0.25) is 14.2 Å². The lowest BCUT2D eigenvalue weighted by Crippen LogP contribution is -2.33. The number of amides is 1. The summed E-state index contributed by atoms with van der Waals surface area (Å²) in [6.45, 7) is 2.60. The maximum Gasteiger partial charge on any atom is 0.435 e. The molecule has 1 saturated carbocycles. The third-order valence-corrected chi connectivity index (χ3v) is 4.93. The predicted molar refractivity (Wildman–Crippen MR) is 96.1 cm³/mol. The summed E-state index contributed by atoms with van der Waals surface area (Å²) in [7, 11) is 0. The van der Waals surface area contributed by atoms with Crippen LogP contribution in [-0.4, -0.2) is 32.0 Å². The first-order valence-corrected chi connectivity index (χ1v) is 9.71. The van der Waals surface area contributed by atoms with Gasteiger partial charge in [0.2, 0.25) is 5.91 Å². The molecule has 10 heteroatoms. The fourth-order valence-corrected chi connectivity index (χ4v) is 3.29. The van der Waals surface area contributed by atoms with E-state index in [0.29, 0.717) is 31.6 Å². The highest BCUT2D eigenvalue weighted by molar-refractivity contribution is 9.10. The van der Waals surface area contributed by atoms with Crippen molar-refractivity contribution in [3.05, 3.63) is 34.3 Å². The van der Waals surface area contributed by atoms with Crippen LogP contribution >= 0.6 is 15.9 Å². The molecule has 148 valence electrons. The van der Waals surface area contributed by atoms with Crippen LogP contribution in [0.2, 0.25) is 0 Å². The molecule has 2 heterocycles. The topological polar surface area (TPSA) is 64.7 Å². The summed E-state index contributed by atoms with van der Waals surface area (Å²) in [5.41, 5.74) is -0.204. The number of carbonyl (C=O) groups excluding carboxylic acids is 1. The van der Waals surface area contributed by atoms with Crippen molar-refractivity contribution in [3.63, 3.8) is 0 Å². The van der Waals surface area contributed by atoms with E-state index in [2.05, 4.69) is 31.4 Å². The fraction of sp³-hybridized carbons (Fsp3) is 0.588. The van der Waals surface area contributed by atoms with E-state index in [1.165, 1.54) is 4.68 Å². The number of halogens is 4. The molecule has 0 radical (unpaired) electrons. The largest absolute Gasteiger partial charge is 0.435 e. The van der Waals surface area contributed by atoms with E-state index in [0.717, 1.165) is 23.4 Å². The number of nitrogens with one attached hydrogen (secondary N) is 1. The van der Waals surface area contributed by atoms with Crippen LogP contribution in [0.1, 0.15) is 56.0 Å². The molecule has 3 rings (SSSR count). The molecule has 6 nitrogen and oxygen atoms in total. The van der Waals surface area contributed by atoms with Crippen molar-refractivity contribution in [2.45, 2.75) is 57.3 Å². The Labute approximate surface area is 163 Å². The highest BCUT2D eigenvalue weighted by Gasteiger charge is 2.37. The summed E-state index contributed by atoms with van der Waals surface area (Å²) in [5.74, 6) is 0.0119. The number of hydrogen-bond donors (Lipinski definition) is 1. The normalized spacial score (nSPS) is 15.7. The van der Waals surface area contributed by atoms with Gasteiger partial charge in [0, 0.05) is 30.9 Å². The van der Waals surface area contributed by atoms with Crippen molar-refractivity contribution in [2.24, 2.45) is 0 Å². The summed E-state index contributed by atoms with van der Waals surface area (Å²) in [4.78, 5) is 12.4. The van der Waals surface area contributed by atoms with Gasteiger partial charge in [-0.2, -0.15) is 23.4 Å². The molecule has 2 aromatic heterocycles. The molecule has 0 aromatic carbocycles. The van der Waals surface area contributed by atoms with Gasteiger partial charge in [-0.25, -0.2) is 0 Å². The fourth-order valence-electron chi connectivity index (χ4n) is 2.99. The van der Waals surface area contributed by atoms with Crippen LogP contribution in [0, 0.1) is 0 Å². The molecule has 0 aliphatic heterocycles. The minimum absolute atomic E-state index is 0.160.